The van der Waals surface area contributed by atoms with Crippen LogP contribution in [0.15, 0.2) is 0 Å². The summed E-state index contributed by atoms with van der Waals surface area (Å²) in [5.74, 6) is -0.408. The standard InChI is InChI=1S/C9H17NO3/c1-9(2)12-5-8(6-13-9)10-7-3-11-4-7/h7-8,10H,3-6H2,1-2H3. The molecule has 0 amide bonds. The zero-order valence-corrected chi connectivity index (χ0v) is 8.21. The molecule has 4 nitrogen and oxygen atoms in total. The summed E-state index contributed by atoms with van der Waals surface area (Å²) in [6, 6.07) is 0.820. The first kappa shape index (κ1) is 9.40. The highest BCUT2D eigenvalue weighted by molar-refractivity contribution is 4.81. The summed E-state index contributed by atoms with van der Waals surface area (Å²) in [5, 5.41) is 3.42. The molecule has 0 aliphatic carbocycles. The molecule has 0 aromatic rings. The van der Waals surface area contributed by atoms with Crippen molar-refractivity contribution < 1.29 is 14.2 Å². The summed E-state index contributed by atoms with van der Waals surface area (Å²) >= 11 is 0. The maximum absolute atomic E-state index is 5.52. The lowest BCUT2D eigenvalue weighted by atomic mass is 10.2. The average molecular weight is 187 g/mol. The lowest BCUT2D eigenvalue weighted by molar-refractivity contribution is -0.255. The first-order valence-corrected chi connectivity index (χ1v) is 4.77. The van der Waals surface area contributed by atoms with E-state index < -0.39 is 5.79 Å². The van der Waals surface area contributed by atoms with E-state index in [1.807, 2.05) is 13.8 Å². The minimum absolute atomic E-state index is 0.321. The third-order valence-electron chi connectivity index (χ3n) is 2.37. The number of nitrogens with one attached hydrogen (secondary N) is 1. The Hall–Kier alpha value is -0.160. The molecule has 2 heterocycles. The molecule has 4 heteroatoms. The highest BCUT2D eigenvalue weighted by Gasteiger charge is 2.30. The van der Waals surface area contributed by atoms with Gasteiger partial charge in [-0.1, -0.05) is 0 Å². The Balaban J connectivity index is 1.71. The Morgan fingerprint density at radius 3 is 2.00 bits per heavy atom. The molecular weight excluding hydrogens is 170 g/mol. The molecule has 13 heavy (non-hydrogen) atoms. The Kier molecular flexibility index (Phi) is 2.55. The van der Waals surface area contributed by atoms with Gasteiger partial charge in [-0.25, -0.2) is 0 Å². The van der Waals surface area contributed by atoms with Crippen molar-refractivity contribution in [2.45, 2.75) is 31.7 Å². The maximum atomic E-state index is 5.52. The van der Waals surface area contributed by atoms with E-state index in [2.05, 4.69) is 5.32 Å². The lowest BCUT2D eigenvalue weighted by Gasteiger charge is -2.38. The predicted octanol–water partition coefficient (Wildman–Crippen LogP) is 0.126. The van der Waals surface area contributed by atoms with Crippen LogP contribution in [-0.4, -0.2) is 44.3 Å². The molecule has 0 atom stereocenters. The van der Waals surface area contributed by atoms with Gasteiger partial charge in [0.1, 0.15) is 0 Å². The molecule has 2 aliphatic rings. The van der Waals surface area contributed by atoms with Gasteiger partial charge in [0.05, 0.1) is 38.5 Å². The van der Waals surface area contributed by atoms with E-state index in [9.17, 15) is 0 Å². The van der Waals surface area contributed by atoms with Gasteiger partial charge in [0.2, 0.25) is 0 Å². The summed E-state index contributed by atoms with van der Waals surface area (Å²) in [6.07, 6.45) is 0. The van der Waals surface area contributed by atoms with Crippen molar-refractivity contribution >= 4 is 0 Å². The van der Waals surface area contributed by atoms with E-state index in [0.717, 1.165) is 26.4 Å². The van der Waals surface area contributed by atoms with Crippen LogP contribution >= 0.6 is 0 Å². The van der Waals surface area contributed by atoms with Crippen molar-refractivity contribution in [2.75, 3.05) is 26.4 Å². The summed E-state index contributed by atoms with van der Waals surface area (Å²) in [4.78, 5) is 0. The molecule has 2 aliphatic heterocycles. The molecule has 0 bridgehead atoms. The topological polar surface area (TPSA) is 39.7 Å². The van der Waals surface area contributed by atoms with Gasteiger partial charge in [0, 0.05) is 0 Å². The quantitative estimate of drug-likeness (QED) is 0.667. The molecule has 0 spiro atoms. The molecule has 1 N–H and O–H groups in total. The van der Waals surface area contributed by atoms with Gasteiger partial charge >= 0.3 is 0 Å². The smallest absolute Gasteiger partial charge is 0.162 e. The molecule has 2 rings (SSSR count). The third-order valence-corrected chi connectivity index (χ3v) is 2.37. The van der Waals surface area contributed by atoms with Gasteiger partial charge in [-0.05, 0) is 13.8 Å². The van der Waals surface area contributed by atoms with E-state index in [1.54, 1.807) is 0 Å². The first-order valence-electron chi connectivity index (χ1n) is 4.77. The van der Waals surface area contributed by atoms with E-state index in [1.165, 1.54) is 0 Å². The van der Waals surface area contributed by atoms with Crippen LogP contribution < -0.4 is 5.32 Å². The van der Waals surface area contributed by atoms with Gasteiger partial charge in [0.25, 0.3) is 0 Å². The van der Waals surface area contributed by atoms with Gasteiger partial charge in [0.15, 0.2) is 5.79 Å². The molecule has 2 saturated heterocycles. The van der Waals surface area contributed by atoms with Gasteiger partial charge in [-0.15, -0.1) is 0 Å². The molecule has 0 radical (unpaired) electrons. The molecule has 0 unspecified atom stereocenters. The van der Waals surface area contributed by atoms with Gasteiger partial charge < -0.3 is 19.5 Å². The van der Waals surface area contributed by atoms with Crippen LogP contribution in [0.5, 0.6) is 0 Å². The predicted molar refractivity (Wildman–Crippen MR) is 47.5 cm³/mol. The lowest BCUT2D eigenvalue weighted by Crippen LogP contribution is -2.56. The Morgan fingerprint density at radius 1 is 1.00 bits per heavy atom. The van der Waals surface area contributed by atoms with Crippen LogP contribution in [0.4, 0.5) is 0 Å². The van der Waals surface area contributed by atoms with Crippen LogP contribution in [0.3, 0.4) is 0 Å². The fourth-order valence-corrected chi connectivity index (χ4v) is 1.45. The molecule has 0 aromatic heterocycles. The van der Waals surface area contributed by atoms with Crippen molar-refractivity contribution in [1.29, 1.82) is 0 Å². The average Bonchev–Trinajstić information content (AvgIpc) is 1.99. The SMILES string of the molecule is CC1(C)OCC(NC2COC2)CO1. The van der Waals surface area contributed by atoms with Crippen molar-refractivity contribution in [3.63, 3.8) is 0 Å². The third kappa shape index (κ3) is 2.40. The van der Waals surface area contributed by atoms with Crippen LogP contribution in [0.25, 0.3) is 0 Å². The Bertz CT molecular complexity index is 170. The zero-order chi connectivity index (χ0) is 9.31. The van der Waals surface area contributed by atoms with E-state index in [4.69, 9.17) is 14.2 Å². The minimum atomic E-state index is -0.408. The molecule has 76 valence electrons. The second-order valence-electron chi connectivity index (χ2n) is 4.12. The van der Waals surface area contributed by atoms with Gasteiger partial charge in [-0.2, -0.15) is 0 Å². The fourth-order valence-electron chi connectivity index (χ4n) is 1.45. The largest absolute Gasteiger partial charge is 0.378 e. The number of hydrogen-bond acceptors (Lipinski definition) is 4. The molecule has 0 saturated carbocycles. The highest BCUT2D eigenvalue weighted by Crippen LogP contribution is 2.17. The number of rotatable bonds is 2. The van der Waals surface area contributed by atoms with Crippen LogP contribution in [0, 0.1) is 0 Å². The minimum Gasteiger partial charge on any atom is -0.378 e. The highest BCUT2D eigenvalue weighted by atomic mass is 16.7. The maximum Gasteiger partial charge on any atom is 0.162 e. The second-order valence-corrected chi connectivity index (χ2v) is 4.12. The van der Waals surface area contributed by atoms with E-state index in [-0.39, 0.29) is 0 Å². The zero-order valence-electron chi connectivity index (χ0n) is 8.21. The van der Waals surface area contributed by atoms with Gasteiger partial charge in [-0.3, -0.25) is 0 Å². The number of hydrogen-bond donors (Lipinski definition) is 1. The van der Waals surface area contributed by atoms with Crippen molar-refractivity contribution in [3.05, 3.63) is 0 Å². The normalized spacial score (nSPS) is 30.0. The summed E-state index contributed by atoms with van der Waals surface area (Å²) < 4.78 is 16.1. The van der Waals surface area contributed by atoms with Crippen molar-refractivity contribution in [1.82, 2.24) is 5.32 Å². The summed E-state index contributed by atoms with van der Waals surface area (Å²) in [6.45, 7) is 6.97. The monoisotopic (exact) mass is 187 g/mol. The first-order chi connectivity index (χ1) is 6.16. The molecule has 2 fully saturated rings. The van der Waals surface area contributed by atoms with E-state index in [0.29, 0.717) is 12.1 Å². The summed E-state index contributed by atoms with van der Waals surface area (Å²) in [7, 11) is 0. The van der Waals surface area contributed by atoms with Crippen LogP contribution in [-0.2, 0) is 14.2 Å². The second kappa shape index (κ2) is 3.53. The fraction of sp³-hybridized carbons (Fsp3) is 1.00. The summed E-state index contributed by atoms with van der Waals surface area (Å²) in [5.41, 5.74) is 0. The van der Waals surface area contributed by atoms with E-state index >= 15 is 0 Å². The van der Waals surface area contributed by atoms with Crippen molar-refractivity contribution in [3.8, 4) is 0 Å². The van der Waals surface area contributed by atoms with Crippen LogP contribution in [0.2, 0.25) is 0 Å². The number of ether oxygens (including phenoxy) is 3. The molecule has 0 aromatic carbocycles. The Morgan fingerprint density at radius 2 is 1.54 bits per heavy atom. The molecular formula is C9H17NO3. The Labute approximate surface area is 78.5 Å². The van der Waals surface area contributed by atoms with Crippen LogP contribution in [0.1, 0.15) is 13.8 Å². The van der Waals surface area contributed by atoms with Crippen molar-refractivity contribution in [2.24, 2.45) is 0 Å².